The van der Waals surface area contributed by atoms with Gasteiger partial charge in [-0.3, -0.25) is 9.69 Å². The van der Waals surface area contributed by atoms with Crippen LogP contribution in [0.2, 0.25) is 5.02 Å². The standard InChI is InChI=1S/C15H22ClN3O/c1-19(9-11-4-2-3-5-11)10-15(20)18-14-8-12(16)6-7-13(14)17/h6-8,11H,2-5,9-10,17H2,1H3,(H,18,20). The monoisotopic (exact) mass is 295 g/mol. The molecule has 0 radical (unpaired) electrons. The molecule has 0 aliphatic heterocycles. The molecule has 110 valence electrons. The van der Waals surface area contributed by atoms with Crippen molar-refractivity contribution in [3.63, 3.8) is 0 Å². The van der Waals surface area contributed by atoms with Crippen LogP contribution in [0.5, 0.6) is 0 Å². The Bertz CT molecular complexity index is 472. The first kappa shape index (κ1) is 15.1. The minimum atomic E-state index is -0.0561. The molecular weight excluding hydrogens is 274 g/mol. The van der Waals surface area contributed by atoms with Crippen LogP contribution in [0.25, 0.3) is 0 Å². The Morgan fingerprint density at radius 3 is 2.85 bits per heavy atom. The number of carbonyl (C=O) groups is 1. The van der Waals surface area contributed by atoms with Gasteiger partial charge in [0.15, 0.2) is 0 Å². The van der Waals surface area contributed by atoms with Gasteiger partial charge in [-0.05, 0) is 44.0 Å². The highest BCUT2D eigenvalue weighted by Crippen LogP contribution is 2.25. The van der Waals surface area contributed by atoms with Crippen LogP contribution in [0.15, 0.2) is 18.2 Å². The molecule has 1 saturated carbocycles. The van der Waals surface area contributed by atoms with Crippen LogP contribution in [-0.4, -0.2) is 30.9 Å². The number of benzene rings is 1. The lowest BCUT2D eigenvalue weighted by atomic mass is 10.1. The van der Waals surface area contributed by atoms with Crippen LogP contribution in [0.4, 0.5) is 11.4 Å². The number of hydrogen-bond donors (Lipinski definition) is 2. The number of anilines is 2. The van der Waals surface area contributed by atoms with Gasteiger partial charge in [0.1, 0.15) is 0 Å². The molecule has 20 heavy (non-hydrogen) atoms. The average molecular weight is 296 g/mol. The third-order valence-corrected chi connectivity index (χ3v) is 3.98. The maximum absolute atomic E-state index is 12.0. The second-order valence-corrected chi connectivity index (χ2v) is 6.06. The highest BCUT2D eigenvalue weighted by Gasteiger charge is 2.18. The summed E-state index contributed by atoms with van der Waals surface area (Å²) < 4.78 is 0. The number of hydrogen-bond acceptors (Lipinski definition) is 3. The lowest BCUT2D eigenvalue weighted by molar-refractivity contribution is -0.117. The fourth-order valence-corrected chi connectivity index (χ4v) is 2.94. The van der Waals surface area contributed by atoms with Gasteiger partial charge in [-0.25, -0.2) is 0 Å². The van der Waals surface area contributed by atoms with Crippen LogP contribution < -0.4 is 11.1 Å². The van der Waals surface area contributed by atoms with Gasteiger partial charge in [0.05, 0.1) is 17.9 Å². The Morgan fingerprint density at radius 2 is 2.15 bits per heavy atom. The van der Waals surface area contributed by atoms with Crippen molar-refractivity contribution >= 4 is 28.9 Å². The molecule has 0 atom stereocenters. The van der Waals surface area contributed by atoms with Crippen LogP contribution in [0, 0.1) is 5.92 Å². The Morgan fingerprint density at radius 1 is 1.45 bits per heavy atom. The van der Waals surface area contributed by atoms with E-state index in [1.807, 2.05) is 7.05 Å². The molecule has 4 nitrogen and oxygen atoms in total. The molecule has 0 aromatic heterocycles. The Balaban J connectivity index is 1.83. The Hall–Kier alpha value is -1.26. The third kappa shape index (κ3) is 4.39. The summed E-state index contributed by atoms with van der Waals surface area (Å²) >= 11 is 5.90. The van der Waals surface area contributed by atoms with Crippen LogP contribution in [0.1, 0.15) is 25.7 Å². The number of halogens is 1. The first-order valence-electron chi connectivity index (χ1n) is 7.08. The Labute approximate surface area is 125 Å². The smallest absolute Gasteiger partial charge is 0.238 e. The molecule has 0 unspecified atom stereocenters. The van der Waals surface area contributed by atoms with E-state index in [9.17, 15) is 4.79 Å². The summed E-state index contributed by atoms with van der Waals surface area (Å²) in [5, 5.41) is 3.38. The van der Waals surface area contributed by atoms with Crippen molar-refractivity contribution < 1.29 is 4.79 Å². The number of likely N-dealkylation sites (N-methyl/N-ethyl adjacent to an activating group) is 1. The van der Waals surface area contributed by atoms with Crippen LogP contribution in [-0.2, 0) is 4.79 Å². The molecule has 1 amide bonds. The number of nitrogens with one attached hydrogen (secondary N) is 1. The summed E-state index contributed by atoms with van der Waals surface area (Å²) in [6.07, 6.45) is 5.22. The summed E-state index contributed by atoms with van der Waals surface area (Å²) in [6.45, 7) is 1.36. The van der Waals surface area contributed by atoms with E-state index in [2.05, 4.69) is 10.2 Å². The topological polar surface area (TPSA) is 58.4 Å². The van der Waals surface area contributed by atoms with Gasteiger partial charge in [-0.1, -0.05) is 24.4 Å². The van der Waals surface area contributed by atoms with E-state index in [4.69, 9.17) is 17.3 Å². The van der Waals surface area contributed by atoms with E-state index < -0.39 is 0 Å². The highest BCUT2D eigenvalue weighted by molar-refractivity contribution is 6.31. The molecule has 3 N–H and O–H groups in total. The van der Waals surface area contributed by atoms with E-state index in [0.717, 1.165) is 12.5 Å². The van der Waals surface area contributed by atoms with E-state index in [0.29, 0.717) is 22.9 Å². The number of amides is 1. The summed E-state index contributed by atoms with van der Waals surface area (Å²) in [5.41, 5.74) is 6.92. The molecule has 0 bridgehead atoms. The van der Waals surface area contributed by atoms with E-state index in [-0.39, 0.29) is 5.91 Å². The van der Waals surface area contributed by atoms with Crippen molar-refractivity contribution in [1.82, 2.24) is 4.90 Å². The number of rotatable bonds is 5. The summed E-state index contributed by atoms with van der Waals surface area (Å²) in [5.74, 6) is 0.684. The van der Waals surface area contributed by atoms with Crippen molar-refractivity contribution in [3.05, 3.63) is 23.2 Å². The zero-order chi connectivity index (χ0) is 14.5. The fourth-order valence-electron chi connectivity index (χ4n) is 2.77. The average Bonchev–Trinajstić information content (AvgIpc) is 2.86. The molecule has 1 aromatic carbocycles. The normalized spacial score (nSPS) is 15.8. The highest BCUT2D eigenvalue weighted by atomic mass is 35.5. The third-order valence-electron chi connectivity index (χ3n) is 3.75. The number of nitrogens with two attached hydrogens (primary N) is 1. The molecule has 1 aromatic rings. The number of carbonyl (C=O) groups excluding carboxylic acids is 1. The summed E-state index contributed by atoms with van der Waals surface area (Å²) in [6, 6.07) is 5.07. The van der Waals surface area contributed by atoms with Crippen LogP contribution in [0.3, 0.4) is 0 Å². The van der Waals surface area contributed by atoms with Gasteiger partial charge in [0.2, 0.25) is 5.91 Å². The molecule has 1 aliphatic carbocycles. The summed E-state index contributed by atoms with van der Waals surface area (Å²) in [7, 11) is 1.99. The van der Waals surface area contributed by atoms with Gasteiger partial charge >= 0.3 is 0 Å². The largest absolute Gasteiger partial charge is 0.397 e. The maximum atomic E-state index is 12.0. The molecule has 0 spiro atoms. The zero-order valence-electron chi connectivity index (χ0n) is 11.9. The zero-order valence-corrected chi connectivity index (χ0v) is 12.6. The molecule has 5 heteroatoms. The van der Waals surface area contributed by atoms with Gasteiger partial charge in [0, 0.05) is 11.6 Å². The minimum Gasteiger partial charge on any atom is -0.397 e. The molecule has 0 heterocycles. The molecular formula is C15H22ClN3O. The summed E-state index contributed by atoms with van der Waals surface area (Å²) in [4.78, 5) is 14.1. The lowest BCUT2D eigenvalue weighted by Crippen LogP contribution is -2.33. The lowest BCUT2D eigenvalue weighted by Gasteiger charge is -2.20. The molecule has 0 saturated heterocycles. The number of nitrogen functional groups attached to an aromatic ring is 1. The SMILES string of the molecule is CN(CC(=O)Nc1cc(Cl)ccc1N)CC1CCCC1. The fraction of sp³-hybridized carbons (Fsp3) is 0.533. The van der Waals surface area contributed by atoms with Crippen LogP contribution >= 0.6 is 11.6 Å². The number of nitrogens with zero attached hydrogens (tertiary/aromatic N) is 1. The molecule has 1 fully saturated rings. The maximum Gasteiger partial charge on any atom is 0.238 e. The van der Waals surface area contributed by atoms with Crippen molar-refractivity contribution in [2.45, 2.75) is 25.7 Å². The Kier molecular flexibility index (Phi) is 5.26. The second-order valence-electron chi connectivity index (χ2n) is 5.63. The van der Waals surface area contributed by atoms with Gasteiger partial charge in [-0.15, -0.1) is 0 Å². The second kappa shape index (κ2) is 6.95. The van der Waals surface area contributed by atoms with Crippen molar-refractivity contribution in [2.75, 3.05) is 31.2 Å². The predicted molar refractivity (Wildman–Crippen MR) is 83.9 cm³/mol. The first-order valence-corrected chi connectivity index (χ1v) is 7.46. The quantitative estimate of drug-likeness (QED) is 0.821. The van der Waals surface area contributed by atoms with E-state index in [1.165, 1.54) is 25.7 Å². The van der Waals surface area contributed by atoms with Gasteiger partial charge in [0.25, 0.3) is 0 Å². The van der Waals surface area contributed by atoms with E-state index >= 15 is 0 Å². The van der Waals surface area contributed by atoms with Crippen molar-refractivity contribution in [1.29, 1.82) is 0 Å². The molecule has 2 rings (SSSR count). The van der Waals surface area contributed by atoms with Crippen molar-refractivity contribution in [3.8, 4) is 0 Å². The van der Waals surface area contributed by atoms with E-state index in [1.54, 1.807) is 18.2 Å². The van der Waals surface area contributed by atoms with Crippen molar-refractivity contribution in [2.24, 2.45) is 5.92 Å². The molecule has 1 aliphatic rings. The predicted octanol–water partition coefficient (Wildman–Crippen LogP) is 2.98. The minimum absolute atomic E-state index is 0.0561. The van der Waals surface area contributed by atoms with Gasteiger partial charge < -0.3 is 11.1 Å². The first-order chi connectivity index (χ1) is 9.54. The van der Waals surface area contributed by atoms with Gasteiger partial charge in [-0.2, -0.15) is 0 Å².